The van der Waals surface area contributed by atoms with Crippen LogP contribution in [0.2, 0.25) is 0 Å². The van der Waals surface area contributed by atoms with Crippen molar-refractivity contribution in [1.29, 1.82) is 0 Å². The third kappa shape index (κ3) is 8.41. The molecule has 25 heavy (non-hydrogen) atoms. The van der Waals surface area contributed by atoms with Crippen LogP contribution in [0.1, 0.15) is 46.6 Å². The Morgan fingerprint density at radius 1 is 1.20 bits per heavy atom. The molecule has 1 aromatic carbocycles. The van der Waals surface area contributed by atoms with Crippen molar-refractivity contribution < 1.29 is 19.9 Å². The summed E-state index contributed by atoms with van der Waals surface area (Å²) in [6.45, 7) is 15.8. The smallest absolute Gasteiger partial charge is 0.161 e. The fourth-order valence-electron chi connectivity index (χ4n) is 3.27. The fraction of sp³-hybridized carbons (Fsp3) is 0.619. The predicted molar refractivity (Wildman–Crippen MR) is 103 cm³/mol. The van der Waals surface area contributed by atoms with E-state index >= 15 is 0 Å². The molecule has 4 nitrogen and oxygen atoms in total. The molecule has 0 aromatic heterocycles. The third-order valence-corrected chi connectivity index (χ3v) is 3.97. The Morgan fingerprint density at radius 3 is 2.44 bits per heavy atom. The number of ether oxygens (including phenoxy) is 2. The van der Waals surface area contributed by atoms with E-state index in [9.17, 15) is 5.11 Å². The van der Waals surface area contributed by atoms with E-state index in [1.54, 1.807) is 7.11 Å². The monoisotopic (exact) mass is 350 g/mol. The van der Waals surface area contributed by atoms with Crippen molar-refractivity contribution in [3.05, 3.63) is 36.4 Å². The van der Waals surface area contributed by atoms with Gasteiger partial charge in [-0.05, 0) is 43.4 Å². The van der Waals surface area contributed by atoms with Crippen molar-refractivity contribution in [3.63, 3.8) is 0 Å². The van der Waals surface area contributed by atoms with Gasteiger partial charge in [-0.2, -0.15) is 0 Å². The lowest BCUT2D eigenvalue weighted by atomic mass is 9.82. The quantitative estimate of drug-likeness (QED) is 0.638. The number of rotatable bonds is 10. The van der Waals surface area contributed by atoms with E-state index in [1.807, 2.05) is 24.3 Å². The first-order valence-electron chi connectivity index (χ1n) is 8.99. The van der Waals surface area contributed by atoms with Crippen LogP contribution >= 0.6 is 0 Å². The Bertz CT molecular complexity index is 547. The second-order valence-corrected chi connectivity index (χ2v) is 8.61. The summed E-state index contributed by atoms with van der Waals surface area (Å²) in [7, 11) is 1.62. The highest BCUT2D eigenvalue weighted by molar-refractivity contribution is 5.43. The van der Waals surface area contributed by atoms with Gasteiger partial charge in [0.15, 0.2) is 11.5 Å². The molecule has 0 spiro atoms. The number of nitrogens with two attached hydrogens (primary N) is 1. The maximum Gasteiger partial charge on any atom is 0.161 e. The van der Waals surface area contributed by atoms with Crippen molar-refractivity contribution in [2.24, 2.45) is 5.41 Å². The molecule has 0 heterocycles. The summed E-state index contributed by atoms with van der Waals surface area (Å²) in [5, 5.41) is 12.5. The Labute approximate surface area is 153 Å². The van der Waals surface area contributed by atoms with E-state index in [1.165, 1.54) is 0 Å². The molecule has 0 saturated carbocycles. The molecular weight excluding hydrogens is 314 g/mol. The zero-order valence-electron chi connectivity index (χ0n) is 16.8. The maximum absolute atomic E-state index is 10.3. The van der Waals surface area contributed by atoms with Crippen LogP contribution in [0.4, 0.5) is 0 Å². The van der Waals surface area contributed by atoms with Crippen LogP contribution in [0.5, 0.6) is 11.5 Å². The molecule has 1 rings (SSSR count). The molecule has 4 heteroatoms. The first-order chi connectivity index (χ1) is 11.6. The standard InChI is InChI=1S/C21H35NO3/c1-8-9-16-10-11-18(19(12-16)24-7)25-14-17(23)13-22-21(5,6)15-20(2,3)4/h8,10-12,17,22-23H,1,9,13-15H2,2-7H3/p+1/t17-/m0/s1. The minimum Gasteiger partial charge on any atom is -0.493 e. The van der Waals surface area contributed by atoms with E-state index < -0.39 is 6.10 Å². The van der Waals surface area contributed by atoms with E-state index in [4.69, 9.17) is 9.47 Å². The summed E-state index contributed by atoms with van der Waals surface area (Å²) in [5.41, 5.74) is 1.47. The van der Waals surface area contributed by atoms with Crippen molar-refractivity contribution in [1.82, 2.24) is 0 Å². The summed E-state index contributed by atoms with van der Waals surface area (Å²) < 4.78 is 11.2. The lowest BCUT2D eigenvalue weighted by molar-refractivity contribution is -0.727. The van der Waals surface area contributed by atoms with Gasteiger partial charge in [-0.1, -0.05) is 32.9 Å². The summed E-state index contributed by atoms with van der Waals surface area (Å²) in [6, 6.07) is 5.82. The number of quaternary nitrogens is 1. The van der Waals surface area contributed by atoms with Crippen molar-refractivity contribution >= 4 is 0 Å². The molecule has 0 aliphatic heterocycles. The lowest BCUT2D eigenvalue weighted by Crippen LogP contribution is -2.97. The fourth-order valence-corrected chi connectivity index (χ4v) is 3.27. The first-order valence-corrected chi connectivity index (χ1v) is 8.99. The molecule has 3 N–H and O–H groups in total. The Kier molecular flexibility index (Phi) is 7.97. The van der Waals surface area contributed by atoms with Gasteiger partial charge in [-0.3, -0.25) is 0 Å². The lowest BCUT2D eigenvalue weighted by Gasteiger charge is -2.31. The Balaban J connectivity index is 2.53. The zero-order valence-corrected chi connectivity index (χ0v) is 16.8. The van der Waals surface area contributed by atoms with Crippen molar-refractivity contribution in [3.8, 4) is 11.5 Å². The molecule has 1 atom stereocenters. The van der Waals surface area contributed by atoms with E-state index in [0.29, 0.717) is 18.0 Å². The molecule has 0 fully saturated rings. The average molecular weight is 351 g/mol. The van der Waals surface area contributed by atoms with Crippen molar-refractivity contribution in [2.45, 2.75) is 59.1 Å². The highest BCUT2D eigenvalue weighted by Gasteiger charge is 2.29. The zero-order chi connectivity index (χ0) is 19.1. The van der Waals surface area contributed by atoms with Crippen LogP contribution in [-0.4, -0.2) is 37.0 Å². The van der Waals surface area contributed by atoms with Gasteiger partial charge in [0, 0.05) is 6.42 Å². The molecule has 0 amide bonds. The Morgan fingerprint density at radius 2 is 1.88 bits per heavy atom. The molecule has 0 aliphatic carbocycles. The van der Waals surface area contributed by atoms with Crippen LogP contribution in [0.3, 0.4) is 0 Å². The second-order valence-electron chi connectivity index (χ2n) is 8.61. The van der Waals surface area contributed by atoms with Crippen LogP contribution in [0.15, 0.2) is 30.9 Å². The minimum absolute atomic E-state index is 0.0866. The predicted octanol–water partition coefficient (Wildman–Crippen LogP) is 2.94. The van der Waals surface area contributed by atoms with Gasteiger partial charge in [0.2, 0.25) is 0 Å². The first kappa shape index (κ1) is 21.5. The SMILES string of the molecule is C=CCc1ccc(OC[C@@H](O)C[NH2+]C(C)(C)CC(C)(C)C)c(OC)c1. The van der Waals surface area contributed by atoms with Gasteiger partial charge in [-0.25, -0.2) is 0 Å². The highest BCUT2D eigenvalue weighted by Crippen LogP contribution is 2.28. The molecular formula is C21H36NO3+. The molecule has 0 bridgehead atoms. The van der Waals surface area contributed by atoms with Crippen LogP contribution in [0, 0.1) is 5.41 Å². The average Bonchev–Trinajstić information content (AvgIpc) is 2.49. The van der Waals surface area contributed by atoms with E-state index in [2.05, 4.69) is 46.5 Å². The summed E-state index contributed by atoms with van der Waals surface area (Å²) in [6.07, 6.45) is 3.19. The second kappa shape index (κ2) is 9.25. The van der Waals surface area contributed by atoms with Gasteiger partial charge >= 0.3 is 0 Å². The largest absolute Gasteiger partial charge is 0.493 e. The number of aliphatic hydroxyl groups is 1. The third-order valence-electron chi connectivity index (χ3n) is 3.97. The Hall–Kier alpha value is -1.52. The van der Waals surface area contributed by atoms with Gasteiger partial charge < -0.3 is 19.9 Å². The van der Waals surface area contributed by atoms with Gasteiger partial charge in [0.1, 0.15) is 19.3 Å². The summed E-state index contributed by atoms with van der Waals surface area (Å²) >= 11 is 0. The normalized spacial score (nSPS) is 13.4. The molecule has 0 saturated heterocycles. The molecule has 0 radical (unpaired) electrons. The number of benzene rings is 1. The number of methoxy groups -OCH3 is 1. The summed E-state index contributed by atoms with van der Waals surface area (Å²) in [4.78, 5) is 0. The van der Waals surface area contributed by atoms with Gasteiger partial charge in [0.25, 0.3) is 0 Å². The topological polar surface area (TPSA) is 55.3 Å². The van der Waals surface area contributed by atoms with E-state index in [-0.39, 0.29) is 17.6 Å². The number of aliphatic hydroxyl groups excluding tert-OH is 1. The van der Waals surface area contributed by atoms with Crippen LogP contribution in [-0.2, 0) is 6.42 Å². The molecule has 1 aromatic rings. The number of allylic oxidation sites excluding steroid dienone is 1. The van der Waals surface area contributed by atoms with Crippen LogP contribution in [0.25, 0.3) is 0 Å². The minimum atomic E-state index is -0.531. The van der Waals surface area contributed by atoms with Crippen LogP contribution < -0.4 is 14.8 Å². The molecule has 0 aliphatic rings. The number of hydrogen-bond donors (Lipinski definition) is 2. The summed E-state index contributed by atoms with van der Waals surface area (Å²) in [5.74, 6) is 1.34. The van der Waals surface area contributed by atoms with E-state index in [0.717, 1.165) is 18.4 Å². The molecule has 0 unspecified atom stereocenters. The number of hydrogen-bond acceptors (Lipinski definition) is 3. The van der Waals surface area contributed by atoms with Gasteiger partial charge in [-0.15, -0.1) is 6.58 Å². The van der Waals surface area contributed by atoms with Gasteiger partial charge in [0.05, 0.1) is 12.6 Å². The highest BCUT2D eigenvalue weighted by atomic mass is 16.5. The maximum atomic E-state index is 10.3. The van der Waals surface area contributed by atoms with Crippen molar-refractivity contribution in [2.75, 3.05) is 20.3 Å². The molecule has 142 valence electrons.